The number of methoxy groups -OCH3 is 1. The van der Waals surface area contributed by atoms with Crippen molar-refractivity contribution in [2.75, 3.05) is 12.8 Å². The normalized spacial score (nSPS) is 19.5. The number of aromatic nitrogens is 4. The maximum Gasteiger partial charge on any atom is 0.266 e. The lowest BCUT2D eigenvalue weighted by molar-refractivity contribution is -0.0529. The molecule has 0 aliphatic heterocycles. The van der Waals surface area contributed by atoms with Gasteiger partial charge in [0.05, 0.1) is 41.2 Å². The van der Waals surface area contributed by atoms with Crippen molar-refractivity contribution in [3.8, 4) is 22.7 Å². The summed E-state index contributed by atoms with van der Waals surface area (Å²) in [7, 11) is 1.48. The highest BCUT2D eigenvalue weighted by molar-refractivity contribution is 6.02. The Morgan fingerprint density at radius 3 is 2.58 bits per heavy atom. The third kappa shape index (κ3) is 3.27. The van der Waals surface area contributed by atoms with Crippen molar-refractivity contribution < 1.29 is 14.2 Å². The number of benzene rings is 2. The first-order valence-electron chi connectivity index (χ1n) is 11.6. The third-order valence-corrected chi connectivity index (χ3v) is 6.94. The second-order valence-electron chi connectivity index (χ2n) is 9.50. The summed E-state index contributed by atoms with van der Waals surface area (Å²) in [5.41, 5.74) is 6.69. The minimum Gasteiger partial charge on any atom is -0.495 e. The lowest BCUT2D eigenvalue weighted by Gasteiger charge is -2.41. The molecule has 3 heterocycles. The molecule has 1 saturated carbocycles. The van der Waals surface area contributed by atoms with Gasteiger partial charge in [0.15, 0.2) is 0 Å². The lowest BCUT2D eigenvalue weighted by Crippen LogP contribution is -2.42. The van der Waals surface area contributed by atoms with Gasteiger partial charge in [0.25, 0.3) is 5.56 Å². The minimum absolute atomic E-state index is 0.0584. The molecule has 1 fully saturated rings. The smallest absolute Gasteiger partial charge is 0.266 e. The van der Waals surface area contributed by atoms with Gasteiger partial charge in [0.1, 0.15) is 23.1 Å². The van der Waals surface area contributed by atoms with E-state index in [1.807, 2.05) is 6.07 Å². The summed E-state index contributed by atoms with van der Waals surface area (Å²) in [4.78, 5) is 17.7. The van der Waals surface area contributed by atoms with Crippen molar-refractivity contribution in [3.05, 3.63) is 77.1 Å². The van der Waals surface area contributed by atoms with Crippen molar-refractivity contribution in [1.29, 1.82) is 0 Å². The maximum atomic E-state index is 16.3. The van der Waals surface area contributed by atoms with Crippen LogP contribution in [0, 0.1) is 5.82 Å². The molecule has 3 N–H and O–H groups in total. The molecule has 0 radical (unpaired) electrons. The molecular formula is C27H24FN5O3. The fraction of sp³-hybridized carbons (Fsp3) is 0.222. The van der Waals surface area contributed by atoms with Crippen LogP contribution in [0.1, 0.15) is 25.8 Å². The van der Waals surface area contributed by atoms with Gasteiger partial charge < -0.3 is 15.6 Å². The fourth-order valence-corrected chi connectivity index (χ4v) is 5.19. The summed E-state index contributed by atoms with van der Waals surface area (Å²) in [5.74, 6) is -0.129. The standard InChI is InChI=1S/C27H24FN5O3/c1-27(35)12-16(13-27)33-19-10-11-30-25(29)22(19)24(31-33)18-9-8-17-20(36-2)14-32(15-6-4-3-5-7-15)26(34)21(17)23(18)28/h3-11,14,16,35H,12-13H2,1-2H3,(H2,29,30). The van der Waals surface area contributed by atoms with E-state index in [0.29, 0.717) is 46.3 Å². The monoisotopic (exact) mass is 485 g/mol. The van der Waals surface area contributed by atoms with Gasteiger partial charge in [-0.2, -0.15) is 5.10 Å². The molecule has 182 valence electrons. The Bertz CT molecular complexity index is 1700. The molecule has 6 rings (SSSR count). The zero-order valence-corrected chi connectivity index (χ0v) is 19.8. The highest BCUT2D eigenvalue weighted by Crippen LogP contribution is 2.44. The Morgan fingerprint density at radius 2 is 1.89 bits per heavy atom. The molecule has 0 bridgehead atoms. The number of nitrogens with zero attached hydrogens (tertiary/aromatic N) is 4. The van der Waals surface area contributed by atoms with Crippen molar-refractivity contribution in [1.82, 2.24) is 19.3 Å². The highest BCUT2D eigenvalue weighted by atomic mass is 19.1. The summed E-state index contributed by atoms with van der Waals surface area (Å²) in [6, 6.07) is 13.9. The summed E-state index contributed by atoms with van der Waals surface area (Å²) in [6.07, 6.45) is 4.18. The quantitative estimate of drug-likeness (QED) is 0.395. The maximum absolute atomic E-state index is 16.3. The molecule has 2 aromatic carbocycles. The zero-order valence-electron chi connectivity index (χ0n) is 19.8. The summed E-state index contributed by atoms with van der Waals surface area (Å²) in [6.45, 7) is 1.78. The Balaban J connectivity index is 1.62. The first-order valence-corrected chi connectivity index (χ1v) is 11.6. The van der Waals surface area contributed by atoms with Gasteiger partial charge in [-0.15, -0.1) is 0 Å². The minimum atomic E-state index is -0.769. The van der Waals surface area contributed by atoms with E-state index in [0.717, 1.165) is 0 Å². The van der Waals surface area contributed by atoms with Crippen LogP contribution in [0.4, 0.5) is 10.2 Å². The number of hydrogen-bond donors (Lipinski definition) is 2. The molecule has 0 amide bonds. The van der Waals surface area contributed by atoms with Crippen molar-refractivity contribution in [2.24, 2.45) is 0 Å². The van der Waals surface area contributed by atoms with E-state index < -0.39 is 17.0 Å². The van der Waals surface area contributed by atoms with Crippen LogP contribution in [0.3, 0.4) is 0 Å². The highest BCUT2D eigenvalue weighted by Gasteiger charge is 2.41. The molecule has 1 aliphatic carbocycles. The number of anilines is 1. The van der Waals surface area contributed by atoms with Crippen molar-refractivity contribution in [2.45, 2.75) is 31.4 Å². The molecule has 36 heavy (non-hydrogen) atoms. The van der Waals surface area contributed by atoms with Crippen LogP contribution in [-0.4, -0.2) is 37.1 Å². The summed E-state index contributed by atoms with van der Waals surface area (Å²) >= 11 is 0. The van der Waals surface area contributed by atoms with Gasteiger partial charge in [-0.1, -0.05) is 18.2 Å². The number of pyridine rings is 2. The second-order valence-corrected chi connectivity index (χ2v) is 9.50. The van der Waals surface area contributed by atoms with Crippen LogP contribution >= 0.6 is 0 Å². The number of para-hydroxylation sites is 1. The van der Waals surface area contributed by atoms with Crippen LogP contribution < -0.4 is 16.0 Å². The Hall–Kier alpha value is -4.24. The number of ether oxygens (including phenoxy) is 1. The fourth-order valence-electron chi connectivity index (χ4n) is 5.19. The van der Waals surface area contributed by atoms with E-state index in [1.54, 1.807) is 66.5 Å². The van der Waals surface area contributed by atoms with Gasteiger partial charge in [-0.3, -0.25) is 14.0 Å². The van der Waals surface area contributed by atoms with Crippen LogP contribution in [-0.2, 0) is 0 Å². The van der Waals surface area contributed by atoms with Crippen molar-refractivity contribution >= 4 is 27.5 Å². The Labute approximate surface area is 205 Å². The zero-order chi connectivity index (χ0) is 25.2. The average molecular weight is 486 g/mol. The van der Waals surface area contributed by atoms with Crippen LogP contribution in [0.15, 0.2) is 65.7 Å². The SMILES string of the molecule is COc1cn(-c2ccccc2)c(=O)c2c(F)c(-c3nn(C4CC(C)(O)C4)c4ccnc(N)c34)ccc12. The van der Waals surface area contributed by atoms with Gasteiger partial charge >= 0.3 is 0 Å². The molecule has 3 aromatic heterocycles. The van der Waals surface area contributed by atoms with E-state index >= 15 is 4.39 Å². The number of aliphatic hydroxyl groups is 1. The molecular weight excluding hydrogens is 461 g/mol. The molecule has 0 unspecified atom stereocenters. The number of halogens is 1. The molecule has 1 aliphatic rings. The summed E-state index contributed by atoms with van der Waals surface area (Å²) < 4.78 is 25.0. The first kappa shape index (κ1) is 22.2. The van der Waals surface area contributed by atoms with Gasteiger partial charge in [0, 0.05) is 22.8 Å². The number of rotatable bonds is 4. The third-order valence-electron chi connectivity index (χ3n) is 6.94. The lowest BCUT2D eigenvalue weighted by atomic mass is 9.77. The molecule has 0 saturated heterocycles. The van der Waals surface area contributed by atoms with E-state index in [2.05, 4.69) is 4.98 Å². The number of nitrogens with two attached hydrogens (primary N) is 1. The van der Waals surface area contributed by atoms with Gasteiger partial charge in [0.2, 0.25) is 0 Å². The van der Waals surface area contributed by atoms with Crippen LogP contribution in [0.5, 0.6) is 5.75 Å². The molecule has 0 atom stereocenters. The molecule has 9 heteroatoms. The predicted molar refractivity (Wildman–Crippen MR) is 136 cm³/mol. The van der Waals surface area contributed by atoms with E-state index in [9.17, 15) is 9.90 Å². The average Bonchev–Trinajstić information content (AvgIpc) is 3.24. The van der Waals surface area contributed by atoms with Crippen molar-refractivity contribution in [3.63, 3.8) is 0 Å². The Morgan fingerprint density at radius 1 is 1.14 bits per heavy atom. The topological polar surface area (TPSA) is 108 Å². The molecule has 0 spiro atoms. The number of nitrogen functional groups attached to an aromatic ring is 1. The van der Waals surface area contributed by atoms with Crippen LogP contribution in [0.2, 0.25) is 0 Å². The van der Waals surface area contributed by atoms with Gasteiger partial charge in [-0.25, -0.2) is 9.37 Å². The predicted octanol–water partition coefficient (Wildman–Crippen LogP) is 4.22. The van der Waals surface area contributed by atoms with E-state index in [1.165, 1.54) is 11.7 Å². The van der Waals surface area contributed by atoms with Crippen LogP contribution in [0.25, 0.3) is 38.6 Å². The molecule has 8 nitrogen and oxygen atoms in total. The molecule has 5 aromatic rings. The number of fused-ring (bicyclic) bond motifs is 2. The van der Waals surface area contributed by atoms with E-state index in [4.69, 9.17) is 15.6 Å². The van der Waals surface area contributed by atoms with Gasteiger partial charge in [-0.05, 0) is 50.1 Å². The van der Waals surface area contributed by atoms with E-state index in [-0.39, 0.29) is 22.8 Å². The Kier molecular flexibility index (Phi) is 4.87. The second kappa shape index (κ2) is 7.89. The largest absolute Gasteiger partial charge is 0.495 e. The first-order chi connectivity index (χ1) is 17.3. The number of hydrogen-bond acceptors (Lipinski definition) is 6. The summed E-state index contributed by atoms with van der Waals surface area (Å²) in [5, 5.41) is 15.8.